The first-order chi connectivity index (χ1) is 17.7. The number of aromatic nitrogens is 4. The second-order valence-corrected chi connectivity index (χ2v) is 9.65. The zero-order valence-corrected chi connectivity index (χ0v) is 22.4. The number of hydrogen-bond donors (Lipinski definition) is 1. The fourth-order valence-electron chi connectivity index (χ4n) is 4.32. The van der Waals surface area contributed by atoms with Gasteiger partial charge in [-0.05, 0) is 75.4 Å². The van der Waals surface area contributed by atoms with Crippen LogP contribution in [-0.2, 0) is 5.54 Å². The third kappa shape index (κ3) is 5.23. The highest BCUT2D eigenvalue weighted by Crippen LogP contribution is 2.35. The molecule has 2 heterocycles. The molecule has 2 aromatic heterocycles. The first-order valence-electron chi connectivity index (χ1n) is 12.3. The van der Waals surface area contributed by atoms with Gasteiger partial charge in [0.05, 0.1) is 31.0 Å². The van der Waals surface area contributed by atoms with Gasteiger partial charge in [-0.2, -0.15) is 0 Å². The van der Waals surface area contributed by atoms with Crippen molar-refractivity contribution in [3.63, 3.8) is 0 Å². The highest BCUT2D eigenvalue weighted by Gasteiger charge is 2.30. The van der Waals surface area contributed by atoms with E-state index in [4.69, 9.17) is 13.9 Å². The molecule has 1 atom stereocenters. The minimum absolute atomic E-state index is 0.369. The summed E-state index contributed by atoms with van der Waals surface area (Å²) in [5.41, 5.74) is 1.59. The van der Waals surface area contributed by atoms with E-state index < -0.39 is 17.2 Å². The maximum atomic E-state index is 13.5. The molecule has 0 aliphatic rings. The zero-order chi connectivity index (χ0) is 26.7. The summed E-state index contributed by atoms with van der Waals surface area (Å²) >= 11 is 0. The predicted molar refractivity (Wildman–Crippen MR) is 144 cm³/mol. The van der Waals surface area contributed by atoms with Crippen molar-refractivity contribution in [3.05, 3.63) is 64.3 Å². The van der Waals surface area contributed by atoms with E-state index in [1.807, 2.05) is 45.0 Å². The van der Waals surface area contributed by atoms with Gasteiger partial charge in [-0.1, -0.05) is 0 Å². The molecule has 1 unspecified atom stereocenters. The molecule has 10 heteroatoms. The molecule has 37 heavy (non-hydrogen) atoms. The number of tetrazole rings is 1. The van der Waals surface area contributed by atoms with Crippen LogP contribution in [0.15, 0.2) is 51.7 Å². The fourth-order valence-corrected chi connectivity index (χ4v) is 4.32. The van der Waals surface area contributed by atoms with Gasteiger partial charge in [0.2, 0.25) is 0 Å². The number of benzene rings is 2. The monoisotopic (exact) mass is 506 g/mol. The lowest BCUT2D eigenvalue weighted by atomic mass is 10.0. The summed E-state index contributed by atoms with van der Waals surface area (Å²) in [5, 5.41) is 16.7. The van der Waals surface area contributed by atoms with Crippen LogP contribution in [0.1, 0.15) is 52.0 Å². The van der Waals surface area contributed by atoms with Crippen LogP contribution in [0, 0.1) is 0 Å². The van der Waals surface area contributed by atoms with E-state index in [1.165, 1.54) is 0 Å². The Hall–Kier alpha value is -4.08. The lowest BCUT2D eigenvalue weighted by Gasteiger charge is -2.25. The zero-order valence-electron chi connectivity index (χ0n) is 22.4. The largest absolute Gasteiger partial charge is 0.497 e. The molecule has 0 fully saturated rings. The van der Waals surface area contributed by atoms with Crippen molar-refractivity contribution in [2.45, 2.75) is 46.2 Å². The fraction of sp³-hybridized carbons (Fsp3) is 0.407. The molecule has 0 amide bonds. The summed E-state index contributed by atoms with van der Waals surface area (Å²) in [6.07, 6.45) is 0. The SMILES string of the molecule is CCN(CC)c1ccc2cc(C(Nc3cc(OC)ccc3OC)c3nnnn3C(C)(C)C)c(=O)oc2c1. The van der Waals surface area contributed by atoms with Gasteiger partial charge >= 0.3 is 5.63 Å². The number of anilines is 2. The Balaban J connectivity index is 1.89. The molecule has 0 aliphatic heterocycles. The number of rotatable bonds is 9. The van der Waals surface area contributed by atoms with Gasteiger partial charge in [-0.3, -0.25) is 0 Å². The summed E-state index contributed by atoms with van der Waals surface area (Å²) in [6.45, 7) is 11.9. The second kappa shape index (κ2) is 10.5. The number of fused-ring (bicyclic) bond motifs is 1. The predicted octanol–water partition coefficient (Wildman–Crippen LogP) is 4.60. The summed E-state index contributed by atoms with van der Waals surface area (Å²) in [5.74, 6) is 1.67. The van der Waals surface area contributed by atoms with Crippen LogP contribution in [0.4, 0.5) is 11.4 Å². The van der Waals surface area contributed by atoms with Gasteiger partial charge in [0, 0.05) is 36.3 Å². The standard InChI is InChI=1S/C27H34N6O4/c1-8-32(9-2)18-11-10-17-14-20(26(34)37-23(17)15-18)24(25-29-30-31-33(25)27(3,4)5)28-21-16-19(35-6)12-13-22(21)36-7/h10-16,24,28H,8-9H2,1-7H3. The molecule has 10 nitrogen and oxygen atoms in total. The number of ether oxygens (including phenoxy) is 2. The average Bonchev–Trinajstić information content (AvgIpc) is 3.38. The van der Waals surface area contributed by atoms with Crippen molar-refractivity contribution in [2.24, 2.45) is 0 Å². The van der Waals surface area contributed by atoms with E-state index in [0.29, 0.717) is 34.2 Å². The van der Waals surface area contributed by atoms with Crippen molar-refractivity contribution in [1.82, 2.24) is 20.2 Å². The molecule has 0 bridgehead atoms. The van der Waals surface area contributed by atoms with E-state index in [-0.39, 0.29) is 0 Å². The van der Waals surface area contributed by atoms with Gasteiger partial charge in [0.25, 0.3) is 0 Å². The van der Waals surface area contributed by atoms with E-state index in [1.54, 1.807) is 37.1 Å². The summed E-state index contributed by atoms with van der Waals surface area (Å²) in [6, 6.07) is 12.4. The highest BCUT2D eigenvalue weighted by molar-refractivity contribution is 5.81. The first kappa shape index (κ1) is 26.0. The summed E-state index contributed by atoms with van der Waals surface area (Å²) in [4.78, 5) is 15.7. The summed E-state index contributed by atoms with van der Waals surface area (Å²) < 4.78 is 18.5. The molecule has 0 spiro atoms. The normalized spacial score (nSPS) is 12.4. The second-order valence-electron chi connectivity index (χ2n) is 9.65. The van der Waals surface area contributed by atoms with Gasteiger partial charge in [-0.15, -0.1) is 5.10 Å². The molecule has 1 N–H and O–H groups in total. The van der Waals surface area contributed by atoms with E-state index in [9.17, 15) is 4.79 Å². The van der Waals surface area contributed by atoms with Gasteiger partial charge < -0.3 is 24.1 Å². The third-order valence-corrected chi connectivity index (χ3v) is 6.28. The van der Waals surface area contributed by atoms with Gasteiger partial charge in [0.15, 0.2) is 5.82 Å². The number of methoxy groups -OCH3 is 2. The molecule has 196 valence electrons. The number of nitrogens with one attached hydrogen (secondary N) is 1. The van der Waals surface area contributed by atoms with Gasteiger partial charge in [0.1, 0.15) is 23.1 Å². The molecule has 0 saturated carbocycles. The lowest BCUT2D eigenvalue weighted by molar-refractivity contribution is 0.332. The smallest absolute Gasteiger partial charge is 0.342 e. The van der Waals surface area contributed by atoms with Crippen LogP contribution in [-0.4, -0.2) is 47.5 Å². The molecule has 2 aromatic carbocycles. The first-order valence-corrected chi connectivity index (χ1v) is 12.3. The Morgan fingerprint density at radius 3 is 2.46 bits per heavy atom. The summed E-state index contributed by atoms with van der Waals surface area (Å²) in [7, 11) is 3.17. The van der Waals surface area contributed by atoms with Crippen molar-refractivity contribution in [1.29, 1.82) is 0 Å². The molecule has 4 aromatic rings. The van der Waals surface area contributed by atoms with Crippen LogP contribution in [0.2, 0.25) is 0 Å². The molecule has 0 aliphatic carbocycles. The van der Waals surface area contributed by atoms with Crippen molar-refractivity contribution in [2.75, 3.05) is 37.5 Å². The minimum Gasteiger partial charge on any atom is -0.497 e. The van der Waals surface area contributed by atoms with E-state index >= 15 is 0 Å². The minimum atomic E-state index is -0.738. The Morgan fingerprint density at radius 1 is 1.05 bits per heavy atom. The van der Waals surface area contributed by atoms with Crippen LogP contribution in [0.3, 0.4) is 0 Å². The number of hydrogen-bond acceptors (Lipinski definition) is 9. The highest BCUT2D eigenvalue weighted by atomic mass is 16.5. The molecular formula is C27H34N6O4. The van der Waals surface area contributed by atoms with Crippen LogP contribution < -0.4 is 25.3 Å². The third-order valence-electron chi connectivity index (χ3n) is 6.28. The average molecular weight is 507 g/mol. The maximum absolute atomic E-state index is 13.5. The van der Waals surface area contributed by atoms with Crippen LogP contribution >= 0.6 is 0 Å². The number of nitrogens with zero attached hydrogens (tertiary/aromatic N) is 5. The Labute approximate surface area is 216 Å². The van der Waals surface area contributed by atoms with Gasteiger partial charge in [-0.25, -0.2) is 9.48 Å². The Kier molecular flexibility index (Phi) is 7.37. The van der Waals surface area contributed by atoms with Crippen molar-refractivity contribution in [3.8, 4) is 11.5 Å². The van der Waals surface area contributed by atoms with Crippen molar-refractivity contribution < 1.29 is 13.9 Å². The van der Waals surface area contributed by atoms with E-state index in [2.05, 4.69) is 39.6 Å². The maximum Gasteiger partial charge on any atom is 0.342 e. The Bertz CT molecular complexity index is 1440. The van der Waals surface area contributed by atoms with E-state index in [0.717, 1.165) is 24.2 Å². The molecule has 4 rings (SSSR count). The molecule has 0 saturated heterocycles. The quantitative estimate of drug-likeness (QED) is 0.326. The van der Waals surface area contributed by atoms with Crippen LogP contribution in [0.25, 0.3) is 11.0 Å². The lowest BCUT2D eigenvalue weighted by Crippen LogP contribution is -2.31. The molecule has 0 radical (unpaired) electrons. The van der Waals surface area contributed by atoms with Crippen LogP contribution in [0.5, 0.6) is 11.5 Å². The Morgan fingerprint density at radius 2 is 1.81 bits per heavy atom. The topological polar surface area (TPSA) is 108 Å². The molecular weight excluding hydrogens is 472 g/mol. The van der Waals surface area contributed by atoms with Crippen molar-refractivity contribution >= 4 is 22.3 Å².